The van der Waals surface area contributed by atoms with E-state index in [-0.39, 0.29) is 28.9 Å². The molecule has 0 aliphatic carbocycles. The fraction of sp³-hybridized carbons (Fsp3) is 0.308. The standard InChI is InChI=1S/C26H24Cl2F3N3O2/c1-3-21-18(11-16-10-15-6-5-7-32-22(15)14-24(16)36-9-8-35)23(4-2)34(33-21)25-19(27)12-17(13-20(25)28)26(29,30)31/h5-7,10,12-14,35H,3-4,8-9,11H2,1-2H3. The van der Waals surface area contributed by atoms with E-state index in [1.807, 2.05) is 38.1 Å². The van der Waals surface area contributed by atoms with E-state index in [0.717, 1.165) is 45.6 Å². The normalized spacial score (nSPS) is 11.9. The van der Waals surface area contributed by atoms with Gasteiger partial charge in [0.1, 0.15) is 18.0 Å². The number of aryl methyl sites for hydroxylation is 1. The number of nitrogens with zero attached hydrogens (tertiary/aromatic N) is 3. The Morgan fingerprint density at radius 2 is 1.78 bits per heavy atom. The van der Waals surface area contributed by atoms with Crippen LogP contribution in [0.3, 0.4) is 0 Å². The molecule has 5 nitrogen and oxygen atoms in total. The number of benzene rings is 2. The fourth-order valence-electron chi connectivity index (χ4n) is 4.27. The monoisotopic (exact) mass is 537 g/mol. The summed E-state index contributed by atoms with van der Waals surface area (Å²) in [6.45, 7) is 3.89. The molecule has 4 rings (SSSR count). The van der Waals surface area contributed by atoms with Crippen molar-refractivity contribution < 1.29 is 23.0 Å². The number of aliphatic hydroxyl groups is 1. The molecule has 4 aromatic rings. The summed E-state index contributed by atoms with van der Waals surface area (Å²) in [5.41, 5.74) is 3.41. The van der Waals surface area contributed by atoms with Crippen molar-refractivity contribution in [3.8, 4) is 11.4 Å². The van der Waals surface area contributed by atoms with Gasteiger partial charge in [-0.05, 0) is 42.7 Å². The van der Waals surface area contributed by atoms with Crippen molar-refractivity contribution in [2.24, 2.45) is 0 Å². The number of hydrogen-bond acceptors (Lipinski definition) is 4. The van der Waals surface area contributed by atoms with Gasteiger partial charge in [0.25, 0.3) is 0 Å². The highest BCUT2D eigenvalue weighted by Crippen LogP contribution is 2.39. The van der Waals surface area contributed by atoms with Gasteiger partial charge in [-0.1, -0.05) is 43.1 Å². The number of rotatable bonds is 8. The molecule has 0 radical (unpaired) electrons. The van der Waals surface area contributed by atoms with Gasteiger partial charge in [0.15, 0.2) is 0 Å². The van der Waals surface area contributed by atoms with E-state index in [0.29, 0.717) is 25.0 Å². The summed E-state index contributed by atoms with van der Waals surface area (Å²) in [5, 5.41) is 14.7. The van der Waals surface area contributed by atoms with Crippen molar-refractivity contribution in [3.63, 3.8) is 0 Å². The van der Waals surface area contributed by atoms with E-state index in [4.69, 9.17) is 33.0 Å². The largest absolute Gasteiger partial charge is 0.491 e. The first-order chi connectivity index (χ1) is 17.2. The summed E-state index contributed by atoms with van der Waals surface area (Å²) in [4.78, 5) is 4.38. The summed E-state index contributed by atoms with van der Waals surface area (Å²) in [6.07, 6.45) is -1.29. The number of halogens is 5. The zero-order chi connectivity index (χ0) is 26.0. The molecule has 0 aliphatic heterocycles. The van der Waals surface area contributed by atoms with Crippen LogP contribution in [0.1, 0.15) is 41.9 Å². The predicted octanol–water partition coefficient (Wildman–Crippen LogP) is 6.83. The van der Waals surface area contributed by atoms with Gasteiger partial charge in [0.2, 0.25) is 0 Å². The molecule has 0 saturated heterocycles. The third-order valence-electron chi connectivity index (χ3n) is 5.90. The first-order valence-electron chi connectivity index (χ1n) is 11.4. The first-order valence-corrected chi connectivity index (χ1v) is 12.2. The van der Waals surface area contributed by atoms with Gasteiger partial charge in [0, 0.05) is 35.3 Å². The molecular weight excluding hydrogens is 514 g/mol. The molecule has 0 unspecified atom stereocenters. The van der Waals surface area contributed by atoms with Gasteiger partial charge >= 0.3 is 6.18 Å². The Balaban J connectivity index is 1.85. The van der Waals surface area contributed by atoms with Crippen molar-refractivity contribution in [1.29, 1.82) is 0 Å². The van der Waals surface area contributed by atoms with Crippen molar-refractivity contribution in [1.82, 2.24) is 14.8 Å². The van der Waals surface area contributed by atoms with Crippen LogP contribution in [0.5, 0.6) is 5.75 Å². The Labute approximate surface area is 216 Å². The predicted molar refractivity (Wildman–Crippen MR) is 134 cm³/mol. The van der Waals surface area contributed by atoms with Gasteiger partial charge in [-0.25, -0.2) is 4.68 Å². The molecule has 1 N–H and O–H groups in total. The second-order valence-corrected chi connectivity index (χ2v) is 9.00. The Morgan fingerprint density at radius 3 is 2.39 bits per heavy atom. The zero-order valence-electron chi connectivity index (χ0n) is 19.7. The number of aliphatic hydroxyl groups excluding tert-OH is 1. The molecule has 2 aromatic carbocycles. The lowest BCUT2D eigenvalue weighted by Crippen LogP contribution is -2.09. The summed E-state index contributed by atoms with van der Waals surface area (Å²) in [6, 6.07) is 9.36. The quantitative estimate of drug-likeness (QED) is 0.267. The van der Waals surface area contributed by atoms with Crippen LogP contribution < -0.4 is 4.74 Å². The van der Waals surface area contributed by atoms with Gasteiger partial charge in [-0.15, -0.1) is 0 Å². The van der Waals surface area contributed by atoms with Gasteiger partial charge in [-0.2, -0.15) is 18.3 Å². The number of aromatic nitrogens is 3. The molecular formula is C26H24Cl2F3N3O2. The summed E-state index contributed by atoms with van der Waals surface area (Å²) in [7, 11) is 0. The number of alkyl halides is 3. The lowest BCUT2D eigenvalue weighted by atomic mass is 9.98. The van der Waals surface area contributed by atoms with Crippen molar-refractivity contribution in [2.45, 2.75) is 39.3 Å². The van der Waals surface area contributed by atoms with Crippen molar-refractivity contribution in [2.75, 3.05) is 13.2 Å². The van der Waals surface area contributed by atoms with Crippen molar-refractivity contribution in [3.05, 3.63) is 80.7 Å². The summed E-state index contributed by atoms with van der Waals surface area (Å²) in [5.74, 6) is 0.595. The Hall–Kier alpha value is -2.81. The van der Waals surface area contributed by atoms with E-state index < -0.39 is 11.7 Å². The number of hydrogen-bond donors (Lipinski definition) is 1. The average Bonchev–Trinajstić information content (AvgIpc) is 3.18. The Bertz CT molecular complexity index is 1380. The van der Waals surface area contributed by atoms with Crippen LogP contribution in [0.25, 0.3) is 16.6 Å². The van der Waals surface area contributed by atoms with Crippen LogP contribution in [0, 0.1) is 0 Å². The topological polar surface area (TPSA) is 60.2 Å². The molecule has 0 aliphatic rings. The van der Waals surface area contributed by atoms with E-state index in [1.165, 1.54) is 0 Å². The van der Waals surface area contributed by atoms with Gasteiger partial charge < -0.3 is 9.84 Å². The number of pyridine rings is 1. The van der Waals surface area contributed by atoms with E-state index in [1.54, 1.807) is 10.9 Å². The molecule has 2 heterocycles. The maximum absolute atomic E-state index is 13.3. The SMILES string of the molecule is CCc1nn(-c2c(Cl)cc(C(F)(F)F)cc2Cl)c(CC)c1Cc1cc2cccnc2cc1OCCO. The van der Waals surface area contributed by atoms with Crippen molar-refractivity contribution >= 4 is 34.1 Å². The molecule has 0 amide bonds. The summed E-state index contributed by atoms with van der Waals surface area (Å²) >= 11 is 12.6. The van der Waals surface area contributed by atoms with Crippen LogP contribution >= 0.6 is 23.2 Å². The van der Waals surface area contributed by atoms with Crippen LogP contribution in [-0.4, -0.2) is 33.1 Å². The maximum Gasteiger partial charge on any atom is 0.416 e. The van der Waals surface area contributed by atoms with E-state index in [2.05, 4.69) is 4.98 Å². The van der Waals surface area contributed by atoms with Gasteiger partial charge in [-0.3, -0.25) is 4.98 Å². The molecule has 36 heavy (non-hydrogen) atoms. The second kappa shape index (κ2) is 10.7. The smallest absolute Gasteiger partial charge is 0.416 e. The third kappa shape index (κ3) is 5.16. The highest BCUT2D eigenvalue weighted by Gasteiger charge is 2.33. The van der Waals surface area contributed by atoms with Crippen LogP contribution in [0.15, 0.2) is 42.6 Å². The first kappa shape index (κ1) is 26.3. The zero-order valence-corrected chi connectivity index (χ0v) is 21.2. The average molecular weight is 538 g/mol. The van der Waals surface area contributed by atoms with Crippen LogP contribution in [0.2, 0.25) is 10.0 Å². The Kier molecular flexibility index (Phi) is 7.78. The molecule has 0 bridgehead atoms. The molecule has 0 atom stereocenters. The number of ether oxygens (including phenoxy) is 1. The van der Waals surface area contributed by atoms with E-state index >= 15 is 0 Å². The highest BCUT2D eigenvalue weighted by atomic mass is 35.5. The molecule has 10 heteroatoms. The molecule has 190 valence electrons. The lowest BCUT2D eigenvalue weighted by molar-refractivity contribution is -0.137. The van der Waals surface area contributed by atoms with Gasteiger partial charge in [0.05, 0.1) is 33.4 Å². The number of fused-ring (bicyclic) bond motifs is 1. The minimum absolute atomic E-state index is 0.128. The maximum atomic E-state index is 13.3. The molecule has 0 fully saturated rings. The molecule has 0 saturated carbocycles. The minimum atomic E-state index is -4.57. The Morgan fingerprint density at radius 1 is 1.06 bits per heavy atom. The van der Waals surface area contributed by atoms with Crippen LogP contribution in [-0.2, 0) is 25.4 Å². The second-order valence-electron chi connectivity index (χ2n) is 8.18. The molecule has 0 spiro atoms. The van der Waals surface area contributed by atoms with Crippen LogP contribution in [0.4, 0.5) is 13.2 Å². The lowest BCUT2D eigenvalue weighted by Gasteiger charge is -2.15. The molecule has 2 aromatic heterocycles. The highest BCUT2D eigenvalue weighted by molar-refractivity contribution is 6.37. The van der Waals surface area contributed by atoms with E-state index in [9.17, 15) is 18.3 Å². The minimum Gasteiger partial charge on any atom is -0.491 e. The summed E-state index contributed by atoms with van der Waals surface area (Å²) < 4.78 is 47.1. The third-order valence-corrected chi connectivity index (χ3v) is 6.48. The fourth-order valence-corrected chi connectivity index (χ4v) is 4.92.